The standard InChI is InChI=1S/C25H28FNO3/c1-29-23-10-4-17(15-24(23)30-2)11-12-27(16-21-14-18-3-5-20(21)13-18)25(28)19-6-8-22(26)9-7-19/h3-10,15,18,20-21H,11-14,16H2,1-2H3. The van der Waals surface area contributed by atoms with Gasteiger partial charge >= 0.3 is 0 Å². The Bertz CT molecular complexity index is 924. The van der Waals surface area contributed by atoms with Gasteiger partial charge in [-0.3, -0.25) is 4.79 Å². The molecule has 0 spiro atoms. The predicted molar refractivity (Wildman–Crippen MR) is 114 cm³/mol. The van der Waals surface area contributed by atoms with E-state index in [1.165, 1.54) is 18.6 Å². The third-order valence-corrected chi connectivity index (χ3v) is 6.37. The van der Waals surface area contributed by atoms with Gasteiger partial charge in [0.05, 0.1) is 14.2 Å². The third-order valence-electron chi connectivity index (χ3n) is 6.37. The van der Waals surface area contributed by atoms with E-state index in [1.807, 2.05) is 23.1 Å². The summed E-state index contributed by atoms with van der Waals surface area (Å²) in [5, 5.41) is 0. The number of hydrogen-bond donors (Lipinski definition) is 0. The lowest BCUT2D eigenvalue weighted by Gasteiger charge is -2.29. The molecule has 3 atom stereocenters. The number of carbonyl (C=O) groups excluding carboxylic acids is 1. The normalized spacial score (nSPS) is 21.6. The highest BCUT2D eigenvalue weighted by Gasteiger charge is 2.37. The van der Waals surface area contributed by atoms with E-state index in [0.29, 0.717) is 47.8 Å². The van der Waals surface area contributed by atoms with Crippen LogP contribution in [-0.2, 0) is 6.42 Å². The molecule has 4 nitrogen and oxygen atoms in total. The van der Waals surface area contributed by atoms with Crippen LogP contribution in [0.4, 0.5) is 4.39 Å². The summed E-state index contributed by atoms with van der Waals surface area (Å²) in [6.45, 7) is 1.33. The smallest absolute Gasteiger partial charge is 0.253 e. The number of carbonyl (C=O) groups is 1. The van der Waals surface area contributed by atoms with Crippen LogP contribution in [0.25, 0.3) is 0 Å². The van der Waals surface area contributed by atoms with E-state index < -0.39 is 0 Å². The Morgan fingerprint density at radius 1 is 1.03 bits per heavy atom. The first kappa shape index (κ1) is 20.5. The number of hydrogen-bond acceptors (Lipinski definition) is 3. The Balaban J connectivity index is 1.50. The van der Waals surface area contributed by atoms with E-state index in [0.717, 1.165) is 18.5 Å². The van der Waals surface area contributed by atoms with Crippen molar-refractivity contribution in [2.75, 3.05) is 27.3 Å². The van der Waals surface area contributed by atoms with Crippen molar-refractivity contribution in [1.82, 2.24) is 4.90 Å². The summed E-state index contributed by atoms with van der Waals surface area (Å²) in [7, 11) is 3.24. The Morgan fingerprint density at radius 3 is 2.43 bits per heavy atom. The molecule has 4 rings (SSSR count). The van der Waals surface area contributed by atoms with Crippen LogP contribution in [0, 0.1) is 23.6 Å². The van der Waals surface area contributed by atoms with Gasteiger partial charge in [-0.2, -0.15) is 0 Å². The molecule has 0 saturated heterocycles. The number of nitrogens with zero attached hydrogens (tertiary/aromatic N) is 1. The molecule has 2 aromatic rings. The van der Waals surface area contributed by atoms with Gasteiger partial charge in [0.1, 0.15) is 5.82 Å². The quantitative estimate of drug-likeness (QED) is 0.591. The average molecular weight is 410 g/mol. The molecule has 2 bridgehead atoms. The molecule has 1 saturated carbocycles. The minimum absolute atomic E-state index is 0.0396. The molecule has 158 valence electrons. The van der Waals surface area contributed by atoms with Crippen LogP contribution >= 0.6 is 0 Å². The molecule has 2 aromatic carbocycles. The SMILES string of the molecule is COc1ccc(CCN(CC2CC3C=CC2C3)C(=O)c2ccc(F)cc2)cc1OC. The van der Waals surface area contributed by atoms with Gasteiger partial charge in [0, 0.05) is 18.7 Å². The van der Waals surface area contributed by atoms with Crippen molar-refractivity contribution in [2.24, 2.45) is 17.8 Å². The van der Waals surface area contributed by atoms with Crippen LogP contribution in [0.3, 0.4) is 0 Å². The van der Waals surface area contributed by atoms with Gasteiger partial charge in [-0.05, 0) is 79.0 Å². The molecule has 1 amide bonds. The highest BCUT2D eigenvalue weighted by molar-refractivity contribution is 5.94. The molecule has 0 aliphatic heterocycles. The molecule has 1 fully saturated rings. The zero-order valence-corrected chi connectivity index (χ0v) is 17.5. The number of benzene rings is 2. The van der Waals surface area contributed by atoms with Crippen molar-refractivity contribution >= 4 is 5.91 Å². The summed E-state index contributed by atoms with van der Waals surface area (Å²) in [5.74, 6) is 2.73. The monoisotopic (exact) mass is 409 g/mol. The van der Waals surface area contributed by atoms with Crippen molar-refractivity contribution in [1.29, 1.82) is 0 Å². The fourth-order valence-corrected chi connectivity index (χ4v) is 4.74. The summed E-state index contributed by atoms with van der Waals surface area (Å²) in [5.41, 5.74) is 1.61. The predicted octanol–water partition coefficient (Wildman–Crippen LogP) is 4.74. The Labute approximate surface area is 177 Å². The lowest BCUT2D eigenvalue weighted by molar-refractivity contribution is 0.0721. The van der Waals surface area contributed by atoms with E-state index in [2.05, 4.69) is 12.2 Å². The molecule has 5 heteroatoms. The maximum absolute atomic E-state index is 13.3. The molecule has 0 aromatic heterocycles. The maximum Gasteiger partial charge on any atom is 0.253 e. The van der Waals surface area contributed by atoms with E-state index in [9.17, 15) is 9.18 Å². The van der Waals surface area contributed by atoms with Gasteiger partial charge in [-0.15, -0.1) is 0 Å². The molecule has 2 aliphatic rings. The Hall–Kier alpha value is -2.82. The van der Waals surface area contributed by atoms with Crippen LogP contribution in [-0.4, -0.2) is 38.1 Å². The van der Waals surface area contributed by atoms with Gasteiger partial charge in [0.15, 0.2) is 11.5 Å². The first-order valence-corrected chi connectivity index (χ1v) is 10.5. The van der Waals surface area contributed by atoms with Crippen molar-refractivity contribution in [3.05, 3.63) is 71.6 Å². The van der Waals surface area contributed by atoms with Gasteiger partial charge < -0.3 is 14.4 Å². The first-order valence-electron chi connectivity index (χ1n) is 10.5. The molecule has 0 N–H and O–H groups in total. The number of halogens is 1. The lowest BCUT2D eigenvalue weighted by atomic mass is 9.92. The van der Waals surface area contributed by atoms with Crippen molar-refractivity contribution in [3.8, 4) is 11.5 Å². The van der Waals surface area contributed by atoms with Gasteiger partial charge in [-0.25, -0.2) is 4.39 Å². The summed E-state index contributed by atoms with van der Waals surface area (Å²) in [6.07, 6.45) is 7.69. The number of fused-ring (bicyclic) bond motifs is 2. The Kier molecular flexibility index (Phi) is 6.07. The van der Waals surface area contributed by atoms with Gasteiger partial charge in [0.2, 0.25) is 0 Å². The van der Waals surface area contributed by atoms with Crippen LogP contribution in [0.5, 0.6) is 11.5 Å². The number of rotatable bonds is 8. The van der Waals surface area contributed by atoms with E-state index >= 15 is 0 Å². The zero-order chi connectivity index (χ0) is 21.1. The second-order valence-electron chi connectivity index (χ2n) is 8.24. The number of methoxy groups -OCH3 is 2. The van der Waals surface area contributed by atoms with E-state index in [4.69, 9.17) is 9.47 Å². The summed E-state index contributed by atoms with van der Waals surface area (Å²) < 4.78 is 24.0. The Morgan fingerprint density at radius 2 is 1.80 bits per heavy atom. The topological polar surface area (TPSA) is 38.8 Å². The second kappa shape index (κ2) is 8.90. The molecule has 30 heavy (non-hydrogen) atoms. The lowest BCUT2D eigenvalue weighted by Crippen LogP contribution is -2.38. The fraction of sp³-hybridized carbons (Fsp3) is 0.400. The molecular weight excluding hydrogens is 381 g/mol. The fourth-order valence-electron chi connectivity index (χ4n) is 4.74. The van der Waals surface area contributed by atoms with Crippen molar-refractivity contribution in [3.63, 3.8) is 0 Å². The first-order chi connectivity index (χ1) is 14.6. The molecule has 3 unspecified atom stereocenters. The zero-order valence-electron chi connectivity index (χ0n) is 17.5. The number of ether oxygens (including phenoxy) is 2. The van der Waals surface area contributed by atoms with Crippen LogP contribution in [0.15, 0.2) is 54.6 Å². The van der Waals surface area contributed by atoms with Crippen molar-refractivity contribution in [2.45, 2.75) is 19.3 Å². The summed E-state index contributed by atoms with van der Waals surface area (Å²) in [6, 6.07) is 11.7. The second-order valence-corrected chi connectivity index (χ2v) is 8.24. The van der Waals surface area contributed by atoms with Crippen LogP contribution in [0.2, 0.25) is 0 Å². The average Bonchev–Trinajstić information content (AvgIpc) is 3.39. The molecule has 2 aliphatic carbocycles. The molecular formula is C25H28FNO3. The van der Waals surface area contributed by atoms with E-state index in [1.54, 1.807) is 26.4 Å². The van der Waals surface area contributed by atoms with Gasteiger partial charge in [0.25, 0.3) is 5.91 Å². The van der Waals surface area contributed by atoms with Crippen LogP contribution in [0.1, 0.15) is 28.8 Å². The maximum atomic E-state index is 13.3. The minimum atomic E-state index is -0.332. The van der Waals surface area contributed by atoms with Gasteiger partial charge in [-0.1, -0.05) is 18.2 Å². The molecule has 0 heterocycles. The summed E-state index contributed by atoms with van der Waals surface area (Å²) in [4.78, 5) is 15.2. The van der Waals surface area contributed by atoms with Crippen LogP contribution < -0.4 is 9.47 Å². The molecule has 0 radical (unpaired) electrons. The highest BCUT2D eigenvalue weighted by Crippen LogP contribution is 2.43. The number of amides is 1. The third kappa shape index (κ3) is 4.35. The van der Waals surface area contributed by atoms with E-state index in [-0.39, 0.29) is 11.7 Å². The number of allylic oxidation sites excluding steroid dienone is 2. The highest BCUT2D eigenvalue weighted by atomic mass is 19.1. The largest absolute Gasteiger partial charge is 0.493 e. The summed E-state index contributed by atoms with van der Waals surface area (Å²) >= 11 is 0. The minimum Gasteiger partial charge on any atom is -0.493 e. The van der Waals surface area contributed by atoms with Crippen molar-refractivity contribution < 1.29 is 18.7 Å².